The lowest BCUT2D eigenvalue weighted by Crippen LogP contribution is -2.35. The molecule has 0 radical (unpaired) electrons. The molecule has 0 aliphatic carbocycles. The van der Waals surface area contributed by atoms with E-state index in [-0.39, 0.29) is 12.5 Å². The van der Waals surface area contributed by atoms with Crippen molar-refractivity contribution in [1.82, 2.24) is 5.32 Å². The molecule has 140 valence electrons. The molecule has 5 nitrogen and oxygen atoms in total. The molecule has 2 rings (SSSR count). The van der Waals surface area contributed by atoms with Crippen molar-refractivity contribution in [2.45, 2.75) is 25.5 Å². The zero-order valence-corrected chi connectivity index (χ0v) is 15.1. The number of anilines is 1. The van der Waals surface area contributed by atoms with E-state index in [2.05, 4.69) is 10.6 Å². The minimum absolute atomic E-state index is 0.0260. The SMILES string of the molecule is C[C@H](CNc1ccc(CC(=O)O)cc1F)NC[C@H](O)c1cccc(Cl)c1. The van der Waals surface area contributed by atoms with E-state index in [4.69, 9.17) is 16.7 Å². The number of hydrogen-bond acceptors (Lipinski definition) is 4. The number of aliphatic carboxylic acids is 1. The van der Waals surface area contributed by atoms with Crippen molar-refractivity contribution >= 4 is 23.3 Å². The summed E-state index contributed by atoms with van der Waals surface area (Å²) in [6.45, 7) is 2.69. The van der Waals surface area contributed by atoms with Gasteiger partial charge in [-0.1, -0.05) is 29.8 Å². The highest BCUT2D eigenvalue weighted by Gasteiger charge is 2.11. The van der Waals surface area contributed by atoms with Crippen molar-refractivity contribution in [2.24, 2.45) is 0 Å². The summed E-state index contributed by atoms with van der Waals surface area (Å²) in [7, 11) is 0. The van der Waals surface area contributed by atoms with E-state index in [0.717, 1.165) is 5.56 Å². The summed E-state index contributed by atoms with van der Waals surface area (Å²) >= 11 is 5.91. The molecule has 0 spiro atoms. The molecule has 0 heterocycles. The minimum Gasteiger partial charge on any atom is -0.481 e. The molecule has 0 aromatic heterocycles. The van der Waals surface area contributed by atoms with Gasteiger partial charge in [0.05, 0.1) is 18.2 Å². The van der Waals surface area contributed by atoms with Crippen molar-refractivity contribution in [1.29, 1.82) is 0 Å². The second kappa shape index (κ2) is 9.52. The van der Waals surface area contributed by atoms with Crippen LogP contribution in [0.4, 0.5) is 10.1 Å². The molecule has 2 aromatic carbocycles. The molecule has 0 fully saturated rings. The minimum atomic E-state index is -0.999. The molecule has 0 unspecified atom stereocenters. The van der Waals surface area contributed by atoms with Gasteiger partial charge in [0.25, 0.3) is 0 Å². The van der Waals surface area contributed by atoms with E-state index in [9.17, 15) is 14.3 Å². The Bertz CT molecular complexity index is 757. The number of carboxylic acids is 1. The highest BCUT2D eigenvalue weighted by Crippen LogP contribution is 2.18. The Balaban J connectivity index is 1.81. The van der Waals surface area contributed by atoms with Gasteiger partial charge < -0.3 is 20.8 Å². The van der Waals surface area contributed by atoms with Crippen LogP contribution in [-0.2, 0) is 11.2 Å². The molecule has 0 saturated carbocycles. The first kappa shape index (κ1) is 20.2. The van der Waals surface area contributed by atoms with Crippen LogP contribution >= 0.6 is 11.6 Å². The molecule has 0 aliphatic rings. The Morgan fingerprint density at radius 3 is 2.65 bits per heavy atom. The number of benzene rings is 2. The maximum absolute atomic E-state index is 14.0. The largest absolute Gasteiger partial charge is 0.481 e. The van der Waals surface area contributed by atoms with Gasteiger partial charge in [-0.05, 0) is 42.3 Å². The smallest absolute Gasteiger partial charge is 0.307 e. The van der Waals surface area contributed by atoms with Crippen molar-refractivity contribution in [2.75, 3.05) is 18.4 Å². The Morgan fingerprint density at radius 2 is 2.00 bits per heavy atom. The van der Waals surface area contributed by atoms with E-state index < -0.39 is 17.9 Å². The third-order valence-electron chi connectivity index (χ3n) is 3.88. The number of hydrogen-bond donors (Lipinski definition) is 4. The lowest BCUT2D eigenvalue weighted by atomic mass is 10.1. The molecule has 0 amide bonds. The highest BCUT2D eigenvalue weighted by atomic mass is 35.5. The molecule has 0 bridgehead atoms. The van der Waals surface area contributed by atoms with Crippen molar-refractivity contribution in [3.63, 3.8) is 0 Å². The molecule has 0 saturated heterocycles. The van der Waals surface area contributed by atoms with Gasteiger partial charge >= 0.3 is 5.97 Å². The number of halogens is 2. The molecular formula is C19H22ClFN2O3. The normalized spacial score (nSPS) is 13.2. The highest BCUT2D eigenvalue weighted by molar-refractivity contribution is 6.30. The zero-order valence-electron chi connectivity index (χ0n) is 14.4. The average Bonchev–Trinajstić information content (AvgIpc) is 2.58. The van der Waals surface area contributed by atoms with Gasteiger partial charge in [0.15, 0.2) is 0 Å². The summed E-state index contributed by atoms with van der Waals surface area (Å²) in [4.78, 5) is 10.7. The van der Waals surface area contributed by atoms with Crippen molar-refractivity contribution < 1.29 is 19.4 Å². The third-order valence-corrected chi connectivity index (χ3v) is 4.12. The maximum Gasteiger partial charge on any atom is 0.307 e. The maximum atomic E-state index is 14.0. The fourth-order valence-electron chi connectivity index (χ4n) is 2.47. The number of nitrogens with one attached hydrogen (secondary N) is 2. The van der Waals surface area contributed by atoms with E-state index in [1.54, 1.807) is 30.3 Å². The molecule has 0 aliphatic heterocycles. The molecule has 2 aromatic rings. The second-order valence-corrected chi connectivity index (χ2v) is 6.58. The monoisotopic (exact) mass is 380 g/mol. The van der Waals surface area contributed by atoms with Gasteiger partial charge in [0.1, 0.15) is 5.82 Å². The van der Waals surface area contributed by atoms with Crippen LogP contribution < -0.4 is 10.6 Å². The predicted molar refractivity (Wildman–Crippen MR) is 100 cm³/mol. The number of rotatable bonds is 9. The zero-order chi connectivity index (χ0) is 19.1. The Labute approximate surface area is 156 Å². The molecule has 4 N–H and O–H groups in total. The number of carboxylic acid groups (broad SMARTS) is 1. The van der Waals surface area contributed by atoms with Crippen LogP contribution in [-0.4, -0.2) is 35.3 Å². The fraction of sp³-hybridized carbons (Fsp3) is 0.316. The van der Waals surface area contributed by atoms with Gasteiger partial charge in [0.2, 0.25) is 0 Å². The van der Waals surface area contributed by atoms with Crippen LogP contribution in [0.25, 0.3) is 0 Å². The lowest BCUT2D eigenvalue weighted by Gasteiger charge is -2.19. The van der Waals surface area contributed by atoms with Gasteiger partial charge in [0, 0.05) is 24.2 Å². The van der Waals surface area contributed by atoms with Crippen molar-refractivity contribution in [3.05, 3.63) is 64.4 Å². The Hall–Kier alpha value is -2.15. The van der Waals surface area contributed by atoms with Gasteiger partial charge in [-0.15, -0.1) is 0 Å². The first-order valence-corrected chi connectivity index (χ1v) is 8.64. The van der Waals surface area contributed by atoms with Gasteiger partial charge in [-0.3, -0.25) is 4.79 Å². The standard InChI is InChI=1S/C19H22ClFN2O3/c1-12(22-11-18(24)14-3-2-4-15(20)9-14)10-23-17-6-5-13(7-16(17)21)8-19(25)26/h2-7,9,12,18,22-24H,8,10-11H2,1H3,(H,25,26)/t12-,18+/m1/s1. The number of aliphatic hydroxyl groups is 1. The van der Waals surface area contributed by atoms with E-state index >= 15 is 0 Å². The van der Waals surface area contributed by atoms with E-state index in [0.29, 0.717) is 29.4 Å². The van der Waals surface area contributed by atoms with Crippen LogP contribution in [0, 0.1) is 5.82 Å². The van der Waals surface area contributed by atoms with Crippen LogP contribution in [0.1, 0.15) is 24.2 Å². The van der Waals surface area contributed by atoms with Crippen LogP contribution in [0.2, 0.25) is 5.02 Å². The fourth-order valence-corrected chi connectivity index (χ4v) is 2.67. The summed E-state index contributed by atoms with van der Waals surface area (Å²) in [5.41, 5.74) is 1.45. The van der Waals surface area contributed by atoms with Crippen LogP contribution in [0.5, 0.6) is 0 Å². The second-order valence-electron chi connectivity index (χ2n) is 6.15. The number of aliphatic hydroxyl groups excluding tert-OH is 1. The Kier molecular flexibility index (Phi) is 7.38. The summed E-state index contributed by atoms with van der Waals surface area (Å²) in [6.07, 6.45) is -0.903. The lowest BCUT2D eigenvalue weighted by molar-refractivity contribution is -0.136. The average molecular weight is 381 g/mol. The first-order chi connectivity index (χ1) is 12.3. The van der Waals surface area contributed by atoms with Gasteiger partial charge in [-0.25, -0.2) is 4.39 Å². The molecule has 26 heavy (non-hydrogen) atoms. The Morgan fingerprint density at radius 1 is 1.23 bits per heavy atom. The summed E-state index contributed by atoms with van der Waals surface area (Å²) < 4.78 is 14.0. The summed E-state index contributed by atoms with van der Waals surface area (Å²) in [5, 5.41) is 25.6. The topological polar surface area (TPSA) is 81.6 Å². The van der Waals surface area contributed by atoms with Crippen molar-refractivity contribution in [3.8, 4) is 0 Å². The molecule has 7 heteroatoms. The van der Waals surface area contributed by atoms with Crippen LogP contribution in [0.3, 0.4) is 0 Å². The number of carbonyl (C=O) groups is 1. The third kappa shape index (κ3) is 6.29. The molecular weight excluding hydrogens is 359 g/mol. The van der Waals surface area contributed by atoms with Crippen LogP contribution in [0.15, 0.2) is 42.5 Å². The predicted octanol–water partition coefficient (Wildman–Crippen LogP) is 3.23. The van der Waals surface area contributed by atoms with E-state index in [1.165, 1.54) is 12.1 Å². The van der Waals surface area contributed by atoms with Gasteiger partial charge in [-0.2, -0.15) is 0 Å². The summed E-state index contributed by atoms with van der Waals surface area (Å²) in [6, 6.07) is 11.3. The quantitative estimate of drug-likeness (QED) is 0.537. The molecule has 2 atom stereocenters. The first-order valence-electron chi connectivity index (χ1n) is 8.26. The van der Waals surface area contributed by atoms with E-state index in [1.807, 2.05) is 6.92 Å². The summed E-state index contributed by atoms with van der Waals surface area (Å²) in [5.74, 6) is -1.49.